The van der Waals surface area contributed by atoms with Crippen molar-refractivity contribution in [3.8, 4) is 40.1 Å². The highest BCUT2D eigenvalue weighted by molar-refractivity contribution is 9.10. The molecule has 4 aromatic rings. The average Bonchev–Trinajstić information content (AvgIpc) is 2.72. The minimum absolute atomic E-state index is 0.0116. The van der Waals surface area contributed by atoms with E-state index in [1.54, 1.807) is 0 Å². The number of aromatic hydroxyl groups is 4. The fraction of sp³-hybridized carbons (Fsp3) is 0.0455. The molecular formula is C22H15BrO7. The molecule has 4 N–H and O–H groups in total. The van der Waals surface area contributed by atoms with Crippen LogP contribution >= 0.6 is 15.9 Å². The summed E-state index contributed by atoms with van der Waals surface area (Å²) in [5, 5.41) is 39.6. The summed E-state index contributed by atoms with van der Waals surface area (Å²) in [7, 11) is 0. The van der Waals surface area contributed by atoms with Gasteiger partial charge in [-0.15, -0.1) is 0 Å². The highest BCUT2D eigenvalue weighted by Gasteiger charge is 2.20. The largest absolute Gasteiger partial charge is 0.507 e. The third-order valence-corrected chi connectivity index (χ3v) is 5.29. The topological polar surface area (TPSA) is 120 Å². The second kappa shape index (κ2) is 7.64. The molecule has 1 heterocycles. The molecule has 0 radical (unpaired) electrons. The molecule has 0 spiro atoms. The Kier molecular flexibility index (Phi) is 5.01. The Hall–Kier alpha value is -3.65. The summed E-state index contributed by atoms with van der Waals surface area (Å²) in [4.78, 5) is 12.6. The number of phenolic OH excluding ortho intramolecular Hbond substituents is 3. The zero-order valence-electron chi connectivity index (χ0n) is 15.3. The summed E-state index contributed by atoms with van der Waals surface area (Å²) >= 11 is 3.43. The van der Waals surface area contributed by atoms with E-state index >= 15 is 0 Å². The maximum Gasteiger partial charge on any atom is 0.238 e. The van der Waals surface area contributed by atoms with Crippen LogP contribution < -0.4 is 10.2 Å². The number of rotatable bonds is 4. The van der Waals surface area contributed by atoms with E-state index < -0.39 is 22.7 Å². The first-order valence-electron chi connectivity index (χ1n) is 8.76. The summed E-state index contributed by atoms with van der Waals surface area (Å²) in [5.74, 6) is -1.90. The van der Waals surface area contributed by atoms with Crippen LogP contribution in [0.4, 0.5) is 0 Å². The highest BCUT2D eigenvalue weighted by atomic mass is 79.9. The van der Waals surface area contributed by atoms with Crippen LogP contribution in [-0.2, 0) is 6.61 Å². The molecule has 0 saturated carbocycles. The SMILES string of the molecule is O=c1c(O)c(-c2ccc(O)c(O)c2)oc2cc(OCc3ccccc3Br)cc(O)c12. The second-order valence-corrected chi connectivity index (χ2v) is 7.36. The lowest BCUT2D eigenvalue weighted by Gasteiger charge is -2.11. The number of benzene rings is 3. The van der Waals surface area contributed by atoms with Gasteiger partial charge >= 0.3 is 0 Å². The van der Waals surface area contributed by atoms with E-state index in [2.05, 4.69) is 15.9 Å². The van der Waals surface area contributed by atoms with Gasteiger partial charge in [0, 0.05) is 27.7 Å². The summed E-state index contributed by atoms with van der Waals surface area (Å²) in [5.41, 5.74) is 0.196. The zero-order valence-corrected chi connectivity index (χ0v) is 16.9. The van der Waals surface area contributed by atoms with Gasteiger partial charge in [0.05, 0.1) is 0 Å². The third kappa shape index (κ3) is 3.53. The molecule has 4 rings (SSSR count). The Morgan fingerprint density at radius 2 is 1.67 bits per heavy atom. The number of hydrogen-bond acceptors (Lipinski definition) is 7. The molecule has 0 atom stereocenters. The maximum absolute atomic E-state index is 12.6. The van der Waals surface area contributed by atoms with Crippen molar-refractivity contribution in [3.63, 3.8) is 0 Å². The van der Waals surface area contributed by atoms with Crippen LogP contribution in [-0.4, -0.2) is 20.4 Å². The smallest absolute Gasteiger partial charge is 0.238 e. The van der Waals surface area contributed by atoms with Crippen molar-refractivity contribution in [1.29, 1.82) is 0 Å². The Labute approximate surface area is 178 Å². The van der Waals surface area contributed by atoms with Crippen LogP contribution in [0, 0.1) is 0 Å². The Morgan fingerprint density at radius 1 is 0.900 bits per heavy atom. The van der Waals surface area contributed by atoms with Crippen molar-refractivity contribution < 1.29 is 29.6 Å². The first-order valence-corrected chi connectivity index (χ1v) is 9.56. The van der Waals surface area contributed by atoms with Crippen molar-refractivity contribution in [1.82, 2.24) is 0 Å². The van der Waals surface area contributed by atoms with E-state index in [4.69, 9.17) is 9.15 Å². The Bertz CT molecular complexity index is 1330. The van der Waals surface area contributed by atoms with Crippen LogP contribution in [0.1, 0.15) is 5.56 Å². The predicted octanol–water partition coefficient (Wildman–Crippen LogP) is 4.62. The van der Waals surface area contributed by atoms with Crippen molar-refractivity contribution in [3.05, 3.63) is 74.9 Å². The van der Waals surface area contributed by atoms with Gasteiger partial charge in [-0.3, -0.25) is 4.79 Å². The van der Waals surface area contributed by atoms with Crippen molar-refractivity contribution in [2.75, 3.05) is 0 Å². The molecular weight excluding hydrogens is 456 g/mol. The Morgan fingerprint density at radius 3 is 2.40 bits per heavy atom. The van der Waals surface area contributed by atoms with Crippen molar-refractivity contribution in [2.45, 2.75) is 6.61 Å². The van der Waals surface area contributed by atoms with E-state index in [9.17, 15) is 25.2 Å². The van der Waals surface area contributed by atoms with Gasteiger partial charge in [-0.05, 0) is 24.3 Å². The quantitative estimate of drug-likeness (QED) is 0.321. The first kappa shape index (κ1) is 19.7. The fourth-order valence-electron chi connectivity index (χ4n) is 2.98. The average molecular weight is 471 g/mol. The molecule has 0 bridgehead atoms. The molecule has 152 valence electrons. The predicted molar refractivity (Wildman–Crippen MR) is 113 cm³/mol. The summed E-state index contributed by atoms with van der Waals surface area (Å²) in [6.45, 7) is 0.202. The van der Waals surface area contributed by atoms with Gasteiger partial charge in [0.1, 0.15) is 29.1 Å². The third-order valence-electron chi connectivity index (χ3n) is 4.51. The molecule has 0 aliphatic carbocycles. The zero-order chi connectivity index (χ0) is 21.4. The van der Waals surface area contributed by atoms with Crippen LogP contribution in [0.15, 0.2) is 68.3 Å². The molecule has 0 saturated heterocycles. The number of phenols is 3. The molecule has 0 amide bonds. The van der Waals surface area contributed by atoms with Gasteiger partial charge in [-0.2, -0.15) is 0 Å². The summed E-state index contributed by atoms with van der Waals surface area (Å²) in [6.07, 6.45) is 0. The molecule has 3 aromatic carbocycles. The van der Waals surface area contributed by atoms with E-state index in [1.807, 2.05) is 24.3 Å². The Balaban J connectivity index is 1.79. The molecule has 0 fully saturated rings. The summed E-state index contributed by atoms with van der Waals surface area (Å²) in [6, 6.07) is 13.9. The van der Waals surface area contributed by atoms with E-state index in [0.717, 1.165) is 16.1 Å². The molecule has 7 nitrogen and oxygen atoms in total. The second-order valence-electron chi connectivity index (χ2n) is 6.51. The molecule has 8 heteroatoms. The lowest BCUT2D eigenvalue weighted by Crippen LogP contribution is -2.04. The van der Waals surface area contributed by atoms with Crippen LogP contribution in [0.3, 0.4) is 0 Å². The minimum atomic E-state index is -0.839. The van der Waals surface area contributed by atoms with Gasteiger partial charge in [0.25, 0.3) is 0 Å². The van der Waals surface area contributed by atoms with Gasteiger partial charge < -0.3 is 29.6 Å². The normalized spacial score (nSPS) is 11.0. The first-order chi connectivity index (χ1) is 14.3. The van der Waals surface area contributed by atoms with E-state index in [0.29, 0.717) is 0 Å². The number of halogens is 1. The number of fused-ring (bicyclic) bond motifs is 1. The van der Waals surface area contributed by atoms with Gasteiger partial charge in [0.2, 0.25) is 11.2 Å². The lowest BCUT2D eigenvalue weighted by atomic mass is 10.1. The van der Waals surface area contributed by atoms with E-state index in [1.165, 1.54) is 24.3 Å². The number of hydrogen-bond donors (Lipinski definition) is 4. The van der Waals surface area contributed by atoms with Crippen molar-refractivity contribution in [2.24, 2.45) is 0 Å². The van der Waals surface area contributed by atoms with Gasteiger partial charge in [-0.25, -0.2) is 0 Å². The number of ether oxygens (including phenoxy) is 1. The highest BCUT2D eigenvalue weighted by Crippen LogP contribution is 2.38. The minimum Gasteiger partial charge on any atom is -0.507 e. The van der Waals surface area contributed by atoms with Gasteiger partial charge in [0.15, 0.2) is 17.3 Å². The van der Waals surface area contributed by atoms with E-state index in [-0.39, 0.29) is 40.4 Å². The summed E-state index contributed by atoms with van der Waals surface area (Å²) < 4.78 is 12.2. The monoisotopic (exact) mass is 470 g/mol. The van der Waals surface area contributed by atoms with Crippen LogP contribution in [0.2, 0.25) is 0 Å². The van der Waals surface area contributed by atoms with Crippen LogP contribution in [0.25, 0.3) is 22.3 Å². The van der Waals surface area contributed by atoms with Gasteiger partial charge in [-0.1, -0.05) is 34.1 Å². The standard InChI is InChI=1S/C22H15BrO7/c23-14-4-2-1-3-12(14)10-29-13-8-17(26)19-18(9-13)30-22(21(28)20(19)27)11-5-6-15(24)16(25)7-11/h1-9,24-26,28H,10H2. The lowest BCUT2D eigenvalue weighted by molar-refractivity contribution is 0.303. The molecule has 0 unspecified atom stereocenters. The van der Waals surface area contributed by atoms with Crippen LogP contribution in [0.5, 0.6) is 28.7 Å². The molecule has 30 heavy (non-hydrogen) atoms. The molecule has 0 aliphatic heterocycles. The molecule has 0 aliphatic rings. The maximum atomic E-state index is 12.6. The fourth-order valence-corrected chi connectivity index (χ4v) is 3.38. The van der Waals surface area contributed by atoms with Crippen molar-refractivity contribution >= 4 is 26.9 Å². The molecule has 1 aromatic heterocycles.